The quantitative estimate of drug-likeness (QED) is 0.816. The summed E-state index contributed by atoms with van der Waals surface area (Å²) in [6, 6.07) is 0. The Morgan fingerprint density at radius 3 is 3.11 bits per heavy atom. The summed E-state index contributed by atoms with van der Waals surface area (Å²) >= 11 is 1.30. The molecule has 1 aromatic heterocycles. The van der Waals surface area contributed by atoms with Gasteiger partial charge in [0.05, 0.1) is 18.2 Å². The molecule has 1 aliphatic heterocycles. The fraction of sp³-hybridized carbons (Fsp3) is 0.583. The van der Waals surface area contributed by atoms with Gasteiger partial charge >= 0.3 is 0 Å². The van der Waals surface area contributed by atoms with Crippen LogP contribution in [-0.2, 0) is 20.7 Å². The van der Waals surface area contributed by atoms with Crippen molar-refractivity contribution in [2.24, 2.45) is 5.73 Å². The van der Waals surface area contributed by atoms with Gasteiger partial charge in [-0.05, 0) is 19.3 Å². The van der Waals surface area contributed by atoms with Gasteiger partial charge in [0.15, 0.2) is 5.13 Å². The molecular weight excluding hydrogens is 266 g/mol. The van der Waals surface area contributed by atoms with Crippen molar-refractivity contribution in [3.8, 4) is 0 Å². The lowest BCUT2D eigenvalue weighted by molar-refractivity contribution is -0.117. The highest BCUT2D eigenvalue weighted by Crippen LogP contribution is 2.19. The molecule has 1 atom stereocenters. The van der Waals surface area contributed by atoms with Crippen molar-refractivity contribution in [1.82, 2.24) is 4.98 Å². The number of primary amides is 1. The van der Waals surface area contributed by atoms with Gasteiger partial charge in [0.2, 0.25) is 11.8 Å². The van der Waals surface area contributed by atoms with Crippen molar-refractivity contribution in [3.63, 3.8) is 0 Å². The third-order valence-corrected chi connectivity index (χ3v) is 3.68. The minimum atomic E-state index is -0.429. The second kappa shape index (κ2) is 6.63. The zero-order valence-corrected chi connectivity index (χ0v) is 11.4. The van der Waals surface area contributed by atoms with E-state index in [-0.39, 0.29) is 18.4 Å². The number of carbonyl (C=O) groups excluding carboxylic acids is 2. The summed E-state index contributed by atoms with van der Waals surface area (Å²) in [7, 11) is 0. The third-order valence-electron chi connectivity index (χ3n) is 2.87. The molecule has 0 spiro atoms. The summed E-state index contributed by atoms with van der Waals surface area (Å²) in [6.07, 6.45) is 3.60. The van der Waals surface area contributed by atoms with Crippen molar-refractivity contribution in [3.05, 3.63) is 11.1 Å². The molecule has 1 aliphatic rings. The molecule has 2 rings (SSSR count). The van der Waals surface area contributed by atoms with E-state index < -0.39 is 5.91 Å². The van der Waals surface area contributed by atoms with Gasteiger partial charge in [-0.25, -0.2) is 4.98 Å². The van der Waals surface area contributed by atoms with Crippen LogP contribution in [0.4, 0.5) is 5.13 Å². The number of hydrogen-bond acceptors (Lipinski definition) is 5. The standard InChI is InChI=1S/C12H17N3O3S/c13-10(16)6-8-7-19-12(14-8)15-11(17)4-3-9-2-1-5-18-9/h7,9H,1-6H2,(H2,13,16)(H,14,15,17). The summed E-state index contributed by atoms with van der Waals surface area (Å²) in [4.78, 5) is 26.6. The van der Waals surface area contributed by atoms with E-state index in [0.29, 0.717) is 17.2 Å². The molecule has 3 N–H and O–H groups in total. The Hall–Kier alpha value is -1.47. The van der Waals surface area contributed by atoms with Gasteiger partial charge in [-0.15, -0.1) is 11.3 Å². The Morgan fingerprint density at radius 2 is 2.42 bits per heavy atom. The van der Waals surface area contributed by atoms with Crippen molar-refractivity contribution < 1.29 is 14.3 Å². The van der Waals surface area contributed by atoms with E-state index in [1.165, 1.54) is 11.3 Å². The first-order chi connectivity index (χ1) is 9.13. The number of aromatic nitrogens is 1. The predicted molar refractivity (Wildman–Crippen MR) is 71.9 cm³/mol. The van der Waals surface area contributed by atoms with Gasteiger partial charge in [0, 0.05) is 18.4 Å². The Labute approximate surface area is 115 Å². The average Bonchev–Trinajstić information content (AvgIpc) is 2.97. The molecule has 0 aromatic carbocycles. The molecule has 2 amide bonds. The maximum absolute atomic E-state index is 11.7. The third kappa shape index (κ3) is 4.60. The number of carbonyl (C=O) groups is 2. The smallest absolute Gasteiger partial charge is 0.226 e. The van der Waals surface area contributed by atoms with Gasteiger partial charge in [-0.1, -0.05) is 0 Å². The van der Waals surface area contributed by atoms with E-state index >= 15 is 0 Å². The first-order valence-electron chi connectivity index (χ1n) is 6.27. The number of hydrogen-bond donors (Lipinski definition) is 2. The summed E-state index contributed by atoms with van der Waals surface area (Å²) < 4.78 is 5.46. The van der Waals surface area contributed by atoms with Crippen LogP contribution in [-0.4, -0.2) is 29.5 Å². The van der Waals surface area contributed by atoms with Crippen LogP contribution in [0.25, 0.3) is 0 Å². The van der Waals surface area contributed by atoms with Crippen LogP contribution < -0.4 is 11.1 Å². The average molecular weight is 283 g/mol. The number of nitrogens with two attached hydrogens (primary N) is 1. The molecule has 0 saturated carbocycles. The number of nitrogens with zero attached hydrogens (tertiary/aromatic N) is 1. The Balaban J connectivity index is 1.74. The van der Waals surface area contributed by atoms with Gasteiger partial charge in [-0.2, -0.15) is 0 Å². The van der Waals surface area contributed by atoms with E-state index in [0.717, 1.165) is 25.9 Å². The second-order valence-corrected chi connectivity index (χ2v) is 5.37. The molecule has 1 aromatic rings. The van der Waals surface area contributed by atoms with E-state index in [2.05, 4.69) is 10.3 Å². The van der Waals surface area contributed by atoms with Crippen molar-refractivity contribution in [1.29, 1.82) is 0 Å². The number of anilines is 1. The van der Waals surface area contributed by atoms with Crippen molar-refractivity contribution >= 4 is 28.3 Å². The Morgan fingerprint density at radius 1 is 1.58 bits per heavy atom. The molecule has 2 heterocycles. The fourth-order valence-electron chi connectivity index (χ4n) is 1.97. The molecular formula is C12H17N3O3S. The lowest BCUT2D eigenvalue weighted by Crippen LogP contribution is -2.16. The molecule has 1 saturated heterocycles. The first-order valence-corrected chi connectivity index (χ1v) is 7.15. The number of amides is 2. The summed E-state index contributed by atoms with van der Waals surface area (Å²) in [5.74, 6) is -0.503. The maximum atomic E-state index is 11.7. The minimum absolute atomic E-state index is 0.0736. The lowest BCUT2D eigenvalue weighted by atomic mass is 10.1. The van der Waals surface area contributed by atoms with Gasteiger partial charge < -0.3 is 15.8 Å². The highest BCUT2D eigenvalue weighted by molar-refractivity contribution is 7.13. The number of ether oxygens (including phenoxy) is 1. The largest absolute Gasteiger partial charge is 0.378 e. The lowest BCUT2D eigenvalue weighted by Gasteiger charge is -2.07. The number of nitrogens with one attached hydrogen (secondary N) is 1. The monoisotopic (exact) mass is 283 g/mol. The summed E-state index contributed by atoms with van der Waals surface area (Å²) in [5, 5.41) is 4.95. The van der Waals surface area contributed by atoms with Crippen LogP contribution in [0.5, 0.6) is 0 Å². The molecule has 104 valence electrons. The van der Waals surface area contributed by atoms with Crippen LogP contribution >= 0.6 is 11.3 Å². The maximum Gasteiger partial charge on any atom is 0.226 e. The van der Waals surface area contributed by atoms with E-state index in [4.69, 9.17) is 10.5 Å². The first kappa shape index (κ1) is 14.0. The number of thiazole rings is 1. The van der Waals surface area contributed by atoms with Crippen molar-refractivity contribution in [2.45, 2.75) is 38.2 Å². The normalized spacial score (nSPS) is 18.4. The van der Waals surface area contributed by atoms with Gasteiger partial charge in [0.1, 0.15) is 0 Å². The topological polar surface area (TPSA) is 94.3 Å². The summed E-state index contributed by atoms with van der Waals surface area (Å²) in [5.41, 5.74) is 5.67. The highest BCUT2D eigenvalue weighted by Gasteiger charge is 2.17. The minimum Gasteiger partial charge on any atom is -0.378 e. The molecule has 1 unspecified atom stereocenters. The zero-order valence-electron chi connectivity index (χ0n) is 10.6. The molecule has 6 nitrogen and oxygen atoms in total. The Kier molecular flexibility index (Phi) is 4.86. The molecule has 0 radical (unpaired) electrons. The fourth-order valence-corrected chi connectivity index (χ4v) is 2.70. The second-order valence-electron chi connectivity index (χ2n) is 4.51. The molecule has 0 aliphatic carbocycles. The molecule has 7 heteroatoms. The molecule has 1 fully saturated rings. The van der Waals surface area contributed by atoms with Gasteiger partial charge in [-0.3, -0.25) is 9.59 Å². The van der Waals surface area contributed by atoms with Gasteiger partial charge in [0.25, 0.3) is 0 Å². The zero-order chi connectivity index (χ0) is 13.7. The van der Waals surface area contributed by atoms with Crippen LogP contribution in [0.15, 0.2) is 5.38 Å². The number of rotatable bonds is 6. The predicted octanol–water partition coefficient (Wildman–Crippen LogP) is 1.07. The van der Waals surface area contributed by atoms with Crippen LogP contribution in [0.3, 0.4) is 0 Å². The van der Waals surface area contributed by atoms with E-state index in [1.807, 2.05) is 0 Å². The SMILES string of the molecule is NC(=O)Cc1csc(NC(=O)CCC2CCCO2)n1. The van der Waals surface area contributed by atoms with E-state index in [1.54, 1.807) is 5.38 Å². The highest BCUT2D eigenvalue weighted by atomic mass is 32.1. The van der Waals surface area contributed by atoms with Crippen LogP contribution in [0.2, 0.25) is 0 Å². The molecule has 19 heavy (non-hydrogen) atoms. The molecule has 0 bridgehead atoms. The summed E-state index contributed by atoms with van der Waals surface area (Å²) in [6.45, 7) is 0.801. The van der Waals surface area contributed by atoms with E-state index in [9.17, 15) is 9.59 Å². The Bertz CT molecular complexity index is 455. The van der Waals surface area contributed by atoms with Crippen LogP contribution in [0, 0.1) is 0 Å². The van der Waals surface area contributed by atoms with Crippen molar-refractivity contribution in [2.75, 3.05) is 11.9 Å². The van der Waals surface area contributed by atoms with Crippen LogP contribution in [0.1, 0.15) is 31.4 Å².